The summed E-state index contributed by atoms with van der Waals surface area (Å²) < 4.78 is 6.40. The van der Waals surface area contributed by atoms with Crippen molar-refractivity contribution in [3.8, 4) is 0 Å². The average Bonchev–Trinajstić information content (AvgIpc) is 2.73. The number of halogens is 1. The Morgan fingerprint density at radius 1 is 1.22 bits per heavy atom. The number of amides is 1. The maximum atomic E-state index is 12.8. The van der Waals surface area contributed by atoms with E-state index < -0.39 is 17.4 Å². The van der Waals surface area contributed by atoms with E-state index in [1.54, 1.807) is 46.4 Å². The van der Waals surface area contributed by atoms with Crippen molar-refractivity contribution in [1.29, 1.82) is 0 Å². The van der Waals surface area contributed by atoms with Crippen molar-refractivity contribution < 1.29 is 19.1 Å². The van der Waals surface area contributed by atoms with Crippen LogP contribution in [-0.4, -0.2) is 52.7 Å². The van der Waals surface area contributed by atoms with Gasteiger partial charge in [-0.2, -0.15) is 0 Å². The molecule has 6 nitrogen and oxygen atoms in total. The Morgan fingerprint density at radius 2 is 1.74 bits per heavy atom. The van der Waals surface area contributed by atoms with Crippen LogP contribution in [0.15, 0.2) is 0 Å². The number of likely N-dealkylation sites (N-methyl/N-ethyl adjacent to an activating group) is 1. The Labute approximate surface area is 141 Å². The third-order valence-electron chi connectivity index (χ3n) is 4.20. The second-order valence-electron chi connectivity index (χ2n) is 5.59. The van der Waals surface area contributed by atoms with E-state index in [0.717, 1.165) is 0 Å². The molecule has 0 fully saturated rings. The first kappa shape index (κ1) is 19.2. The molecule has 0 aliphatic rings. The molecule has 1 aromatic heterocycles. The summed E-state index contributed by atoms with van der Waals surface area (Å²) in [5.41, 5.74) is 1.97. The molecule has 0 N–H and O–H groups in total. The van der Waals surface area contributed by atoms with Gasteiger partial charge in [0.25, 0.3) is 0 Å². The number of ketones is 1. The number of Topliss-reactive ketones (excluding diaryl/α,β-unsaturated/α-hetero) is 1. The van der Waals surface area contributed by atoms with E-state index in [1.165, 1.54) is 12.0 Å². The van der Waals surface area contributed by atoms with Crippen LogP contribution in [0, 0.1) is 13.8 Å². The number of rotatable bonds is 5. The van der Waals surface area contributed by atoms with Gasteiger partial charge in [-0.05, 0) is 33.3 Å². The number of carbonyl (C=O) groups excluding carboxylic acids is 3. The van der Waals surface area contributed by atoms with Gasteiger partial charge < -0.3 is 14.2 Å². The molecule has 1 rings (SSSR count). The molecule has 0 bridgehead atoms. The second-order valence-corrected chi connectivity index (χ2v) is 6.24. The highest BCUT2D eigenvalue weighted by atomic mass is 35.5. The second kappa shape index (κ2) is 7.17. The Kier molecular flexibility index (Phi) is 5.99. The van der Waals surface area contributed by atoms with Crippen molar-refractivity contribution in [2.45, 2.75) is 39.1 Å². The molecule has 1 aromatic rings. The van der Waals surface area contributed by atoms with Crippen molar-refractivity contribution in [1.82, 2.24) is 9.47 Å². The zero-order valence-corrected chi connectivity index (χ0v) is 15.3. The van der Waals surface area contributed by atoms with Gasteiger partial charge in [0.15, 0.2) is 5.78 Å². The fraction of sp³-hybridized carbons (Fsp3) is 0.562. The molecule has 1 heterocycles. The molecule has 7 heteroatoms. The fourth-order valence-corrected chi connectivity index (χ4v) is 2.74. The van der Waals surface area contributed by atoms with Crippen LogP contribution in [0.3, 0.4) is 0 Å². The van der Waals surface area contributed by atoms with Crippen LogP contribution in [0.5, 0.6) is 0 Å². The molecule has 0 aromatic carbocycles. The summed E-state index contributed by atoms with van der Waals surface area (Å²) in [6.07, 6.45) is 0. The fourth-order valence-electron chi connectivity index (χ4n) is 2.58. The van der Waals surface area contributed by atoms with Crippen molar-refractivity contribution in [3.63, 3.8) is 0 Å². The summed E-state index contributed by atoms with van der Waals surface area (Å²) in [6.45, 7) is 6.66. The molecule has 0 unspecified atom stereocenters. The van der Waals surface area contributed by atoms with Gasteiger partial charge in [0, 0.05) is 25.4 Å². The lowest BCUT2D eigenvalue weighted by molar-refractivity contribution is -0.130. The molecule has 0 spiro atoms. The number of hydrogen-bond donors (Lipinski definition) is 0. The number of aromatic nitrogens is 1. The number of hydrogen-bond acceptors (Lipinski definition) is 4. The zero-order valence-electron chi connectivity index (χ0n) is 14.6. The first-order chi connectivity index (χ1) is 10.6. The van der Waals surface area contributed by atoms with Crippen molar-refractivity contribution in [2.75, 3.05) is 14.2 Å². The van der Waals surface area contributed by atoms with Crippen molar-refractivity contribution >= 4 is 29.3 Å². The molecule has 1 amide bonds. The van der Waals surface area contributed by atoms with E-state index in [2.05, 4.69) is 0 Å². The third-order valence-corrected chi connectivity index (χ3v) is 4.39. The minimum absolute atomic E-state index is 0.237. The molecule has 128 valence electrons. The smallest absolute Gasteiger partial charge is 0.354 e. The van der Waals surface area contributed by atoms with Gasteiger partial charge in [-0.1, -0.05) is 0 Å². The molecule has 0 radical (unpaired) electrons. The van der Waals surface area contributed by atoms with E-state index in [-0.39, 0.29) is 11.7 Å². The molecule has 0 aliphatic carbocycles. The van der Waals surface area contributed by atoms with Crippen molar-refractivity contribution in [3.05, 3.63) is 22.5 Å². The minimum atomic E-state index is -0.709. The summed E-state index contributed by atoms with van der Waals surface area (Å²) in [5, 5.41) is -0.709. The predicted octanol–water partition coefficient (Wildman–Crippen LogP) is 2.09. The van der Waals surface area contributed by atoms with Gasteiger partial charge in [0.1, 0.15) is 11.1 Å². The van der Waals surface area contributed by atoms with Crippen molar-refractivity contribution in [2.24, 2.45) is 7.05 Å². The quantitative estimate of drug-likeness (QED) is 0.467. The average molecular weight is 343 g/mol. The molecule has 0 saturated carbocycles. The number of esters is 1. The Balaban J connectivity index is 3.29. The van der Waals surface area contributed by atoms with Crippen LogP contribution < -0.4 is 0 Å². The molecule has 0 aliphatic heterocycles. The summed E-state index contributed by atoms with van der Waals surface area (Å²) in [4.78, 5) is 38.0. The molecule has 23 heavy (non-hydrogen) atoms. The highest BCUT2D eigenvalue weighted by Crippen LogP contribution is 2.24. The number of alkyl halides is 1. The van der Waals surface area contributed by atoms with Gasteiger partial charge in [-0.25, -0.2) is 4.79 Å². The molecule has 2 atom stereocenters. The lowest BCUT2D eigenvalue weighted by Gasteiger charge is -2.25. The normalized spacial score (nSPS) is 13.4. The van der Waals surface area contributed by atoms with Gasteiger partial charge >= 0.3 is 5.97 Å². The number of methoxy groups -OCH3 is 1. The van der Waals surface area contributed by atoms with Gasteiger partial charge in [-0.3, -0.25) is 9.59 Å². The highest BCUT2D eigenvalue weighted by molar-refractivity contribution is 6.30. The van der Waals surface area contributed by atoms with Crippen LogP contribution in [0.1, 0.15) is 46.0 Å². The summed E-state index contributed by atoms with van der Waals surface area (Å²) in [7, 11) is 4.53. The summed E-state index contributed by atoms with van der Waals surface area (Å²) >= 11 is 5.80. The van der Waals surface area contributed by atoms with Gasteiger partial charge in [0.2, 0.25) is 5.91 Å². The van der Waals surface area contributed by atoms with Crippen LogP contribution >= 0.6 is 11.6 Å². The van der Waals surface area contributed by atoms with E-state index in [1.807, 2.05) is 0 Å². The maximum Gasteiger partial charge on any atom is 0.354 e. The van der Waals surface area contributed by atoms with Gasteiger partial charge in [-0.15, -0.1) is 11.6 Å². The van der Waals surface area contributed by atoms with Crippen LogP contribution in [0.2, 0.25) is 0 Å². The third kappa shape index (κ3) is 3.42. The van der Waals surface area contributed by atoms with Crippen LogP contribution in [-0.2, 0) is 16.6 Å². The monoisotopic (exact) mass is 342 g/mol. The van der Waals surface area contributed by atoms with Crippen LogP contribution in [0.25, 0.3) is 0 Å². The van der Waals surface area contributed by atoms with Gasteiger partial charge in [0.05, 0.1) is 13.2 Å². The number of nitrogens with zero attached hydrogens (tertiary/aromatic N) is 2. The first-order valence-corrected chi connectivity index (χ1v) is 7.68. The SMILES string of the molecule is COC(=O)c1c(C)c(C(=O)[C@@H](C)N(C)C(=O)[C@@H](C)Cl)c(C)n1C. The van der Waals surface area contributed by atoms with E-state index >= 15 is 0 Å². The Hall–Kier alpha value is -1.82. The lowest BCUT2D eigenvalue weighted by atomic mass is 10.00. The maximum absolute atomic E-state index is 12.8. The molecular formula is C16H23ClN2O4. The topological polar surface area (TPSA) is 68.6 Å². The Bertz CT molecular complexity index is 649. The van der Waals surface area contributed by atoms with Crippen LogP contribution in [0.4, 0.5) is 0 Å². The Morgan fingerprint density at radius 3 is 2.17 bits per heavy atom. The summed E-state index contributed by atoms with van der Waals surface area (Å²) in [5.74, 6) is -1.07. The first-order valence-electron chi connectivity index (χ1n) is 7.25. The standard InChI is InChI=1S/C16H23ClN2O4/c1-8-12(10(3)18(5)13(8)16(22)23-7)14(20)11(4)19(6)15(21)9(2)17/h9,11H,1-7H3/t9-,11-/m1/s1. The lowest BCUT2D eigenvalue weighted by Crippen LogP contribution is -2.43. The minimum Gasteiger partial charge on any atom is -0.464 e. The number of carbonyl (C=O) groups is 3. The van der Waals surface area contributed by atoms with E-state index in [9.17, 15) is 14.4 Å². The molecular weight excluding hydrogens is 320 g/mol. The van der Waals surface area contributed by atoms with E-state index in [0.29, 0.717) is 22.5 Å². The highest BCUT2D eigenvalue weighted by Gasteiger charge is 2.31. The molecule has 0 saturated heterocycles. The largest absolute Gasteiger partial charge is 0.464 e. The summed E-state index contributed by atoms with van der Waals surface area (Å²) in [6, 6.07) is -0.686. The predicted molar refractivity (Wildman–Crippen MR) is 88.1 cm³/mol. The van der Waals surface area contributed by atoms with E-state index in [4.69, 9.17) is 16.3 Å². The number of ether oxygens (including phenoxy) is 1. The zero-order chi connectivity index (χ0) is 18.1.